The van der Waals surface area contributed by atoms with E-state index in [0.29, 0.717) is 0 Å². The average molecular weight is 378 g/mol. The van der Waals surface area contributed by atoms with Gasteiger partial charge >= 0.3 is 6.18 Å². The van der Waals surface area contributed by atoms with Crippen LogP contribution in [0.5, 0.6) is 5.88 Å². The summed E-state index contributed by atoms with van der Waals surface area (Å²) in [6.45, 7) is 5.10. The molecular weight excluding hydrogens is 361 g/mol. The number of benzene rings is 1. The molecule has 2 rings (SSSR count). The van der Waals surface area contributed by atoms with Crippen molar-refractivity contribution in [2.45, 2.75) is 33.5 Å². The van der Waals surface area contributed by atoms with Crippen molar-refractivity contribution in [3.63, 3.8) is 0 Å². The number of halogens is 3. The topological polar surface area (TPSA) is 90.7 Å². The van der Waals surface area contributed by atoms with Crippen LogP contribution in [0.15, 0.2) is 39.3 Å². The Bertz CT molecular complexity index is 986. The van der Waals surface area contributed by atoms with Crippen LogP contribution in [0.4, 0.5) is 24.5 Å². The molecule has 142 valence electrons. The molecule has 1 aromatic heterocycles. The monoisotopic (exact) mass is 378 g/mol. The number of nitriles is 1. The summed E-state index contributed by atoms with van der Waals surface area (Å²) in [5.74, 6) is -0.526. The van der Waals surface area contributed by atoms with Gasteiger partial charge in [0.1, 0.15) is 11.6 Å². The molecule has 1 heterocycles. The van der Waals surface area contributed by atoms with Gasteiger partial charge in [-0.1, -0.05) is 26.0 Å². The fourth-order valence-corrected chi connectivity index (χ4v) is 2.50. The van der Waals surface area contributed by atoms with Crippen LogP contribution in [-0.2, 0) is 12.7 Å². The predicted octanol–water partition coefficient (Wildman–Crippen LogP) is 4.82. The normalized spacial score (nSPS) is 11.9. The van der Waals surface area contributed by atoms with Gasteiger partial charge in [0.2, 0.25) is 5.88 Å². The number of hydrogen-bond acceptors (Lipinski definition) is 5. The van der Waals surface area contributed by atoms with Crippen molar-refractivity contribution in [3.05, 3.63) is 51.3 Å². The Morgan fingerprint density at radius 2 is 1.89 bits per heavy atom. The number of nitrogens with zero attached hydrogens (tertiary/aromatic N) is 4. The third-order valence-corrected chi connectivity index (χ3v) is 3.78. The van der Waals surface area contributed by atoms with Gasteiger partial charge in [-0.15, -0.1) is 10.2 Å². The molecule has 0 atom stereocenters. The molecule has 0 spiro atoms. The number of pyridine rings is 1. The molecule has 27 heavy (non-hydrogen) atoms. The zero-order valence-corrected chi connectivity index (χ0v) is 14.9. The highest BCUT2D eigenvalue weighted by Crippen LogP contribution is 2.37. The van der Waals surface area contributed by atoms with Crippen molar-refractivity contribution in [2.75, 3.05) is 0 Å². The zero-order chi connectivity index (χ0) is 20.4. The molecule has 1 aromatic carbocycles. The van der Waals surface area contributed by atoms with Crippen molar-refractivity contribution in [3.8, 4) is 11.9 Å². The zero-order valence-electron chi connectivity index (χ0n) is 14.9. The Hall–Kier alpha value is -3.15. The van der Waals surface area contributed by atoms with Gasteiger partial charge in [0.15, 0.2) is 5.69 Å². The molecule has 9 heteroatoms. The fourth-order valence-electron chi connectivity index (χ4n) is 2.50. The summed E-state index contributed by atoms with van der Waals surface area (Å²) in [7, 11) is 0. The Balaban J connectivity index is 2.66. The Morgan fingerprint density at radius 1 is 1.26 bits per heavy atom. The minimum Gasteiger partial charge on any atom is -0.493 e. The van der Waals surface area contributed by atoms with E-state index in [0.717, 1.165) is 16.7 Å². The van der Waals surface area contributed by atoms with Gasteiger partial charge in [0.05, 0.1) is 11.3 Å². The molecule has 0 aliphatic carbocycles. The lowest BCUT2D eigenvalue weighted by atomic mass is 10.1. The number of aromatic nitrogens is 1. The van der Waals surface area contributed by atoms with E-state index in [4.69, 9.17) is 0 Å². The predicted molar refractivity (Wildman–Crippen MR) is 92.3 cm³/mol. The molecule has 0 amide bonds. The van der Waals surface area contributed by atoms with Crippen molar-refractivity contribution < 1.29 is 18.3 Å². The van der Waals surface area contributed by atoms with E-state index in [1.54, 1.807) is 19.9 Å². The second-order valence-electron chi connectivity index (χ2n) is 6.31. The van der Waals surface area contributed by atoms with Gasteiger partial charge in [0.25, 0.3) is 5.56 Å². The van der Waals surface area contributed by atoms with Crippen LogP contribution < -0.4 is 5.56 Å². The maximum Gasteiger partial charge on any atom is 0.418 e. The number of alkyl halides is 3. The lowest BCUT2D eigenvalue weighted by Crippen LogP contribution is -2.24. The largest absolute Gasteiger partial charge is 0.493 e. The summed E-state index contributed by atoms with van der Waals surface area (Å²) in [5.41, 5.74) is -2.59. The second-order valence-corrected chi connectivity index (χ2v) is 6.31. The van der Waals surface area contributed by atoms with Crippen LogP contribution in [0.25, 0.3) is 0 Å². The Morgan fingerprint density at radius 3 is 2.44 bits per heavy atom. The van der Waals surface area contributed by atoms with Gasteiger partial charge in [-0.2, -0.15) is 18.4 Å². The summed E-state index contributed by atoms with van der Waals surface area (Å²) in [5, 5.41) is 26.7. The maximum absolute atomic E-state index is 13.1. The smallest absolute Gasteiger partial charge is 0.418 e. The molecule has 0 saturated heterocycles. The molecular formula is C18H17F3N4O2. The highest BCUT2D eigenvalue weighted by molar-refractivity contribution is 5.57. The SMILES string of the molecule is Cc1c(C#N)c(O)n(CC(C)C)c(=O)c1N=Nc1ccccc1C(F)(F)F. The number of hydrogen-bond donors (Lipinski definition) is 1. The van der Waals surface area contributed by atoms with Crippen LogP contribution in [0.3, 0.4) is 0 Å². The van der Waals surface area contributed by atoms with Crippen LogP contribution in [0.2, 0.25) is 0 Å². The van der Waals surface area contributed by atoms with E-state index < -0.39 is 28.9 Å². The lowest BCUT2D eigenvalue weighted by Gasteiger charge is -2.14. The molecule has 2 aromatic rings. The summed E-state index contributed by atoms with van der Waals surface area (Å²) in [6.07, 6.45) is -4.63. The van der Waals surface area contributed by atoms with E-state index in [9.17, 15) is 28.3 Å². The maximum atomic E-state index is 13.1. The van der Waals surface area contributed by atoms with Crippen molar-refractivity contribution in [1.82, 2.24) is 4.57 Å². The van der Waals surface area contributed by atoms with Crippen LogP contribution in [-0.4, -0.2) is 9.67 Å². The van der Waals surface area contributed by atoms with E-state index in [-0.39, 0.29) is 29.3 Å². The first-order valence-electron chi connectivity index (χ1n) is 8.02. The molecule has 1 N–H and O–H groups in total. The van der Waals surface area contributed by atoms with Crippen molar-refractivity contribution in [1.29, 1.82) is 5.26 Å². The third-order valence-electron chi connectivity index (χ3n) is 3.78. The number of azo groups is 1. The number of aromatic hydroxyl groups is 1. The molecule has 0 radical (unpaired) electrons. The summed E-state index contributed by atoms with van der Waals surface area (Å²) in [6, 6.07) is 6.35. The average Bonchev–Trinajstić information content (AvgIpc) is 2.58. The third kappa shape index (κ3) is 4.16. The lowest BCUT2D eigenvalue weighted by molar-refractivity contribution is -0.137. The molecule has 0 saturated carbocycles. The van der Waals surface area contributed by atoms with Gasteiger partial charge in [0, 0.05) is 12.1 Å². The summed E-state index contributed by atoms with van der Waals surface area (Å²) < 4.78 is 40.2. The fraction of sp³-hybridized carbons (Fsp3) is 0.333. The van der Waals surface area contributed by atoms with Gasteiger partial charge in [-0.05, 0) is 25.0 Å². The molecule has 0 aliphatic rings. The Kier molecular flexibility index (Phi) is 5.69. The molecule has 0 aliphatic heterocycles. The second kappa shape index (κ2) is 7.61. The highest BCUT2D eigenvalue weighted by atomic mass is 19.4. The first kappa shape index (κ1) is 20.2. The van der Waals surface area contributed by atoms with Crippen LogP contribution in [0, 0.1) is 24.2 Å². The number of rotatable bonds is 4. The van der Waals surface area contributed by atoms with Crippen LogP contribution >= 0.6 is 0 Å². The molecule has 0 bridgehead atoms. The van der Waals surface area contributed by atoms with Crippen molar-refractivity contribution >= 4 is 11.4 Å². The minimum absolute atomic E-state index is 0.0291. The minimum atomic E-state index is -4.63. The van der Waals surface area contributed by atoms with E-state index in [2.05, 4.69) is 10.2 Å². The van der Waals surface area contributed by atoms with Gasteiger partial charge in [-0.25, -0.2) is 0 Å². The van der Waals surface area contributed by atoms with E-state index >= 15 is 0 Å². The first-order valence-corrected chi connectivity index (χ1v) is 8.02. The Labute approximate surface area is 153 Å². The first-order chi connectivity index (χ1) is 12.6. The van der Waals surface area contributed by atoms with Gasteiger partial charge < -0.3 is 5.11 Å². The summed E-state index contributed by atoms with van der Waals surface area (Å²) >= 11 is 0. The molecule has 6 nitrogen and oxygen atoms in total. The highest BCUT2D eigenvalue weighted by Gasteiger charge is 2.33. The van der Waals surface area contributed by atoms with E-state index in [1.165, 1.54) is 19.1 Å². The molecule has 0 fully saturated rings. The van der Waals surface area contributed by atoms with Crippen molar-refractivity contribution in [2.24, 2.45) is 16.1 Å². The van der Waals surface area contributed by atoms with Crippen LogP contribution in [0.1, 0.15) is 30.5 Å². The standard InChI is InChI=1S/C18H17F3N4O2/c1-10(2)9-25-16(26)12(8-22)11(3)15(17(25)27)24-23-14-7-5-4-6-13(14)18(19,20)21/h4-7,10,26H,9H2,1-3H3. The quantitative estimate of drug-likeness (QED) is 0.773. The molecule has 0 unspecified atom stereocenters. The van der Waals surface area contributed by atoms with Gasteiger partial charge in [-0.3, -0.25) is 9.36 Å². The van der Waals surface area contributed by atoms with E-state index in [1.807, 2.05) is 0 Å². The summed E-state index contributed by atoms with van der Waals surface area (Å²) in [4.78, 5) is 12.6.